The molecule has 116 valence electrons. The lowest BCUT2D eigenvalue weighted by Gasteiger charge is -2.09. The van der Waals surface area contributed by atoms with Crippen LogP contribution in [0, 0.1) is 0 Å². The molecule has 23 heavy (non-hydrogen) atoms. The largest absolute Gasteiger partial charge is 0.489 e. The Hall–Kier alpha value is -2.72. The molecule has 2 aromatic carbocycles. The van der Waals surface area contributed by atoms with Gasteiger partial charge in [0, 0.05) is 10.7 Å². The molecule has 0 bridgehead atoms. The molecule has 0 spiro atoms. The third-order valence-corrected chi connectivity index (χ3v) is 3.48. The summed E-state index contributed by atoms with van der Waals surface area (Å²) in [5.74, 6) is 1.55. The first kappa shape index (κ1) is 15.2. The predicted octanol–water partition coefficient (Wildman–Crippen LogP) is 4.64. The van der Waals surface area contributed by atoms with Gasteiger partial charge >= 0.3 is 0 Å². The van der Waals surface area contributed by atoms with Gasteiger partial charge in [0.15, 0.2) is 0 Å². The first-order chi connectivity index (χ1) is 11.2. The van der Waals surface area contributed by atoms with Gasteiger partial charge in [-0.3, -0.25) is 0 Å². The van der Waals surface area contributed by atoms with Gasteiger partial charge in [-0.15, -0.1) is 0 Å². The molecule has 0 aliphatic heterocycles. The number of nitrogen functional groups attached to an aromatic ring is 1. The normalized spacial score (nSPS) is 10.3. The number of nitrogens with two attached hydrogens (primary N) is 1. The van der Waals surface area contributed by atoms with Gasteiger partial charge in [0.05, 0.1) is 11.9 Å². The summed E-state index contributed by atoms with van der Waals surface area (Å²) < 4.78 is 5.75. The van der Waals surface area contributed by atoms with Crippen LogP contribution in [-0.4, -0.2) is 4.98 Å². The van der Waals surface area contributed by atoms with Gasteiger partial charge in [-0.25, -0.2) is 4.98 Å². The van der Waals surface area contributed by atoms with Crippen molar-refractivity contribution < 1.29 is 4.74 Å². The van der Waals surface area contributed by atoms with E-state index < -0.39 is 0 Å². The molecular weight excluding hydrogens is 310 g/mol. The average Bonchev–Trinajstić information content (AvgIpc) is 2.58. The van der Waals surface area contributed by atoms with Crippen molar-refractivity contribution in [3.8, 4) is 5.75 Å². The van der Waals surface area contributed by atoms with Crippen molar-refractivity contribution in [3.05, 3.63) is 77.4 Å². The first-order valence-corrected chi connectivity index (χ1v) is 7.53. The standard InChI is InChI=1S/C18H16ClN3O/c19-14-3-1-13(2-4-14)12-23-17-8-6-16(7-9-17)22-18-10-5-15(20)11-21-18/h1-11H,12,20H2,(H,21,22). The minimum atomic E-state index is 0.503. The van der Waals surface area contributed by atoms with E-state index in [4.69, 9.17) is 22.1 Å². The molecule has 0 amide bonds. The van der Waals surface area contributed by atoms with Gasteiger partial charge in [-0.05, 0) is 54.1 Å². The molecule has 4 nitrogen and oxygen atoms in total. The van der Waals surface area contributed by atoms with E-state index in [0.717, 1.165) is 27.8 Å². The second-order valence-electron chi connectivity index (χ2n) is 5.04. The molecule has 0 atom stereocenters. The fraction of sp³-hybridized carbons (Fsp3) is 0.0556. The van der Waals surface area contributed by atoms with Gasteiger partial charge in [-0.1, -0.05) is 23.7 Å². The lowest BCUT2D eigenvalue weighted by atomic mass is 10.2. The highest BCUT2D eigenvalue weighted by Gasteiger charge is 1.99. The van der Waals surface area contributed by atoms with Crippen LogP contribution in [0.15, 0.2) is 66.9 Å². The summed E-state index contributed by atoms with van der Waals surface area (Å²) in [5.41, 5.74) is 8.26. The summed E-state index contributed by atoms with van der Waals surface area (Å²) in [6.07, 6.45) is 1.62. The van der Waals surface area contributed by atoms with E-state index in [1.165, 1.54) is 0 Å². The molecule has 0 unspecified atom stereocenters. The fourth-order valence-corrected chi connectivity index (χ4v) is 2.13. The molecule has 3 rings (SSSR count). The van der Waals surface area contributed by atoms with Crippen LogP contribution in [0.2, 0.25) is 5.02 Å². The Morgan fingerprint density at radius 1 is 0.957 bits per heavy atom. The van der Waals surface area contributed by atoms with Crippen LogP contribution >= 0.6 is 11.6 Å². The highest BCUT2D eigenvalue weighted by molar-refractivity contribution is 6.30. The third kappa shape index (κ3) is 4.37. The summed E-state index contributed by atoms with van der Waals surface area (Å²) in [6, 6.07) is 18.9. The van der Waals surface area contributed by atoms with Crippen molar-refractivity contribution in [1.82, 2.24) is 4.98 Å². The zero-order chi connectivity index (χ0) is 16.1. The number of benzene rings is 2. The lowest BCUT2D eigenvalue weighted by molar-refractivity contribution is 0.306. The van der Waals surface area contributed by atoms with Crippen molar-refractivity contribution in [2.24, 2.45) is 0 Å². The number of halogens is 1. The molecule has 3 N–H and O–H groups in total. The second-order valence-corrected chi connectivity index (χ2v) is 5.48. The fourth-order valence-electron chi connectivity index (χ4n) is 2.01. The van der Waals surface area contributed by atoms with Crippen LogP contribution in [0.5, 0.6) is 5.75 Å². The van der Waals surface area contributed by atoms with Gasteiger partial charge in [-0.2, -0.15) is 0 Å². The van der Waals surface area contributed by atoms with Crippen molar-refractivity contribution in [2.75, 3.05) is 11.1 Å². The SMILES string of the molecule is Nc1ccc(Nc2ccc(OCc3ccc(Cl)cc3)cc2)nc1. The second kappa shape index (κ2) is 7.03. The van der Waals surface area contributed by atoms with E-state index in [1.807, 2.05) is 54.6 Å². The van der Waals surface area contributed by atoms with Crippen molar-refractivity contribution in [2.45, 2.75) is 6.61 Å². The average molecular weight is 326 g/mol. The number of anilines is 3. The van der Waals surface area contributed by atoms with E-state index >= 15 is 0 Å². The number of hydrogen-bond acceptors (Lipinski definition) is 4. The number of nitrogens with zero attached hydrogens (tertiary/aromatic N) is 1. The smallest absolute Gasteiger partial charge is 0.130 e. The highest BCUT2D eigenvalue weighted by atomic mass is 35.5. The van der Waals surface area contributed by atoms with E-state index in [1.54, 1.807) is 12.3 Å². The summed E-state index contributed by atoms with van der Waals surface area (Å²) in [7, 11) is 0. The first-order valence-electron chi connectivity index (χ1n) is 7.15. The Kier molecular flexibility index (Phi) is 4.64. The molecule has 0 saturated carbocycles. The summed E-state index contributed by atoms with van der Waals surface area (Å²) in [5, 5.41) is 3.92. The minimum absolute atomic E-state index is 0.503. The number of aromatic nitrogens is 1. The predicted molar refractivity (Wildman–Crippen MR) is 94.2 cm³/mol. The molecule has 0 fully saturated rings. The maximum Gasteiger partial charge on any atom is 0.130 e. The third-order valence-electron chi connectivity index (χ3n) is 3.23. The monoisotopic (exact) mass is 325 g/mol. The number of hydrogen-bond donors (Lipinski definition) is 2. The van der Waals surface area contributed by atoms with Crippen LogP contribution in [0.1, 0.15) is 5.56 Å². The summed E-state index contributed by atoms with van der Waals surface area (Å²) in [4.78, 5) is 4.20. The quantitative estimate of drug-likeness (QED) is 0.717. The summed E-state index contributed by atoms with van der Waals surface area (Å²) in [6.45, 7) is 0.503. The Balaban J connectivity index is 1.58. The van der Waals surface area contributed by atoms with E-state index in [-0.39, 0.29) is 0 Å². The molecule has 0 aliphatic carbocycles. The van der Waals surface area contributed by atoms with Crippen LogP contribution < -0.4 is 15.8 Å². The highest BCUT2D eigenvalue weighted by Crippen LogP contribution is 2.20. The van der Waals surface area contributed by atoms with Crippen LogP contribution in [0.3, 0.4) is 0 Å². The van der Waals surface area contributed by atoms with E-state index in [2.05, 4.69) is 10.3 Å². The van der Waals surface area contributed by atoms with Gasteiger partial charge in [0.2, 0.25) is 0 Å². The molecule has 0 saturated heterocycles. The van der Waals surface area contributed by atoms with Crippen LogP contribution in [0.4, 0.5) is 17.2 Å². The zero-order valence-corrected chi connectivity index (χ0v) is 13.1. The number of rotatable bonds is 5. The number of nitrogens with one attached hydrogen (secondary N) is 1. The minimum Gasteiger partial charge on any atom is -0.489 e. The Morgan fingerprint density at radius 2 is 1.70 bits per heavy atom. The van der Waals surface area contributed by atoms with Gasteiger partial charge in [0.1, 0.15) is 18.2 Å². The lowest BCUT2D eigenvalue weighted by Crippen LogP contribution is -1.96. The molecule has 0 aliphatic rings. The number of pyridine rings is 1. The Bertz CT molecular complexity index is 756. The van der Waals surface area contributed by atoms with Gasteiger partial charge in [0.25, 0.3) is 0 Å². The molecule has 3 aromatic rings. The number of ether oxygens (including phenoxy) is 1. The van der Waals surface area contributed by atoms with E-state index in [0.29, 0.717) is 12.3 Å². The van der Waals surface area contributed by atoms with Gasteiger partial charge < -0.3 is 15.8 Å². The molecule has 0 radical (unpaired) electrons. The van der Waals surface area contributed by atoms with Crippen molar-refractivity contribution in [3.63, 3.8) is 0 Å². The topological polar surface area (TPSA) is 60.2 Å². The molecule has 1 heterocycles. The van der Waals surface area contributed by atoms with Crippen molar-refractivity contribution >= 4 is 28.8 Å². The zero-order valence-electron chi connectivity index (χ0n) is 12.4. The summed E-state index contributed by atoms with van der Waals surface area (Å²) >= 11 is 5.86. The molecular formula is C18H16ClN3O. The van der Waals surface area contributed by atoms with E-state index in [9.17, 15) is 0 Å². The maximum atomic E-state index is 5.86. The van der Waals surface area contributed by atoms with Crippen molar-refractivity contribution in [1.29, 1.82) is 0 Å². The Morgan fingerprint density at radius 3 is 2.35 bits per heavy atom. The maximum absolute atomic E-state index is 5.86. The molecule has 5 heteroatoms. The molecule has 1 aromatic heterocycles. The van der Waals surface area contributed by atoms with Crippen LogP contribution in [0.25, 0.3) is 0 Å². The Labute approximate surface area is 139 Å². The van der Waals surface area contributed by atoms with Crippen LogP contribution in [-0.2, 0) is 6.61 Å².